The zero-order valence-electron chi connectivity index (χ0n) is 10.6. The van der Waals surface area contributed by atoms with Crippen LogP contribution in [0.3, 0.4) is 0 Å². The number of para-hydroxylation sites is 1. The van der Waals surface area contributed by atoms with E-state index in [0.29, 0.717) is 18.2 Å². The molecule has 1 atom stereocenters. The first-order valence-electron chi connectivity index (χ1n) is 6.34. The maximum absolute atomic E-state index is 13.8. The molecule has 94 valence electrons. The molecule has 17 heavy (non-hydrogen) atoms. The Balaban J connectivity index is 2.34. The minimum absolute atomic E-state index is 0.0812. The molecule has 0 aromatic heterocycles. The van der Waals surface area contributed by atoms with Crippen molar-refractivity contribution >= 4 is 5.69 Å². The van der Waals surface area contributed by atoms with E-state index in [1.54, 1.807) is 6.07 Å². The molecule has 0 radical (unpaired) electrons. The Morgan fingerprint density at radius 3 is 2.53 bits per heavy atom. The van der Waals surface area contributed by atoms with E-state index in [4.69, 9.17) is 5.73 Å². The van der Waals surface area contributed by atoms with E-state index in [-0.39, 0.29) is 11.4 Å². The van der Waals surface area contributed by atoms with Crippen LogP contribution in [0.25, 0.3) is 0 Å². The summed E-state index contributed by atoms with van der Waals surface area (Å²) in [6, 6.07) is 6.94. The zero-order chi connectivity index (χ0) is 12.5. The fourth-order valence-corrected chi connectivity index (χ4v) is 2.83. The number of hydrogen-bond acceptors (Lipinski definition) is 2. The van der Waals surface area contributed by atoms with Crippen LogP contribution in [-0.2, 0) is 0 Å². The van der Waals surface area contributed by atoms with Gasteiger partial charge >= 0.3 is 0 Å². The Morgan fingerprint density at radius 1 is 1.41 bits per heavy atom. The fourth-order valence-electron chi connectivity index (χ4n) is 2.83. The van der Waals surface area contributed by atoms with Gasteiger partial charge in [0.05, 0.1) is 11.2 Å². The van der Waals surface area contributed by atoms with Crippen molar-refractivity contribution in [3.8, 4) is 0 Å². The molecule has 0 heterocycles. The lowest BCUT2D eigenvalue weighted by atomic mass is 9.88. The number of rotatable bonds is 5. The highest BCUT2D eigenvalue weighted by Gasteiger charge is 2.46. The molecule has 0 spiro atoms. The molecule has 0 amide bonds. The normalized spacial score (nSPS) is 18.8. The third-order valence-corrected chi connectivity index (χ3v) is 4.18. The summed E-state index contributed by atoms with van der Waals surface area (Å²) < 4.78 is 13.8. The van der Waals surface area contributed by atoms with E-state index in [1.807, 2.05) is 19.2 Å². The van der Waals surface area contributed by atoms with Crippen molar-refractivity contribution in [3.63, 3.8) is 0 Å². The molecule has 2 N–H and O–H groups in total. The van der Waals surface area contributed by atoms with Gasteiger partial charge in [-0.25, -0.2) is 4.39 Å². The van der Waals surface area contributed by atoms with Gasteiger partial charge in [0.2, 0.25) is 0 Å². The predicted octanol–water partition coefficient (Wildman–Crippen LogP) is 2.78. The molecule has 1 aliphatic rings. The van der Waals surface area contributed by atoms with E-state index >= 15 is 0 Å². The molecule has 0 saturated heterocycles. The van der Waals surface area contributed by atoms with Crippen molar-refractivity contribution < 1.29 is 4.39 Å². The number of benzene rings is 1. The third-order valence-electron chi connectivity index (χ3n) is 4.18. The van der Waals surface area contributed by atoms with Crippen LogP contribution in [0.2, 0.25) is 0 Å². The lowest BCUT2D eigenvalue weighted by molar-refractivity contribution is 0.346. The van der Waals surface area contributed by atoms with Crippen LogP contribution in [0.4, 0.5) is 10.1 Å². The van der Waals surface area contributed by atoms with Gasteiger partial charge < -0.3 is 10.6 Å². The van der Waals surface area contributed by atoms with E-state index < -0.39 is 0 Å². The third kappa shape index (κ3) is 2.04. The first-order chi connectivity index (χ1) is 8.15. The summed E-state index contributed by atoms with van der Waals surface area (Å²) in [5.74, 6) is 0.448. The van der Waals surface area contributed by atoms with Gasteiger partial charge in [0.25, 0.3) is 0 Å². The van der Waals surface area contributed by atoms with E-state index in [9.17, 15) is 4.39 Å². The van der Waals surface area contributed by atoms with E-state index in [1.165, 1.54) is 18.9 Å². The summed E-state index contributed by atoms with van der Waals surface area (Å²) in [5.41, 5.74) is 6.56. The fraction of sp³-hybridized carbons (Fsp3) is 0.571. The zero-order valence-corrected chi connectivity index (χ0v) is 10.6. The SMILES string of the molecule is CCC(CN)(C1CC1)N(C)c1ccccc1F. The highest BCUT2D eigenvalue weighted by atomic mass is 19.1. The molecule has 1 aromatic rings. The van der Waals surface area contributed by atoms with Crippen molar-refractivity contribution in [1.29, 1.82) is 0 Å². The highest BCUT2D eigenvalue weighted by molar-refractivity contribution is 5.50. The lowest BCUT2D eigenvalue weighted by Crippen LogP contribution is -2.54. The molecule has 1 aliphatic carbocycles. The minimum Gasteiger partial charge on any atom is -0.365 e. The van der Waals surface area contributed by atoms with Crippen molar-refractivity contribution in [2.24, 2.45) is 11.7 Å². The average Bonchev–Trinajstić information content (AvgIpc) is 3.16. The van der Waals surface area contributed by atoms with Crippen LogP contribution >= 0.6 is 0 Å². The molecular weight excluding hydrogens is 215 g/mol. The second-order valence-corrected chi connectivity index (χ2v) is 4.95. The molecule has 3 heteroatoms. The highest BCUT2D eigenvalue weighted by Crippen LogP contribution is 2.45. The number of halogens is 1. The van der Waals surface area contributed by atoms with E-state index in [2.05, 4.69) is 11.8 Å². The molecule has 1 fully saturated rings. The average molecular weight is 236 g/mol. The summed E-state index contributed by atoms with van der Waals surface area (Å²) >= 11 is 0. The van der Waals surface area contributed by atoms with Crippen LogP contribution in [-0.4, -0.2) is 19.1 Å². The summed E-state index contributed by atoms with van der Waals surface area (Å²) in [4.78, 5) is 2.06. The summed E-state index contributed by atoms with van der Waals surface area (Å²) in [6.45, 7) is 2.72. The number of hydrogen-bond donors (Lipinski definition) is 1. The predicted molar refractivity (Wildman–Crippen MR) is 69.6 cm³/mol. The van der Waals surface area contributed by atoms with Gasteiger partial charge in [-0.2, -0.15) is 0 Å². The van der Waals surface area contributed by atoms with Crippen molar-refractivity contribution in [3.05, 3.63) is 30.1 Å². The second kappa shape index (κ2) is 4.65. The number of nitrogens with two attached hydrogens (primary N) is 1. The monoisotopic (exact) mass is 236 g/mol. The molecule has 2 rings (SSSR count). The summed E-state index contributed by atoms with van der Waals surface area (Å²) in [6.07, 6.45) is 3.38. The molecule has 0 aliphatic heterocycles. The Morgan fingerprint density at radius 2 is 2.06 bits per heavy atom. The smallest absolute Gasteiger partial charge is 0.146 e. The molecule has 0 bridgehead atoms. The second-order valence-electron chi connectivity index (χ2n) is 4.95. The first kappa shape index (κ1) is 12.4. The molecule has 1 aromatic carbocycles. The van der Waals surface area contributed by atoms with E-state index in [0.717, 1.165) is 6.42 Å². The van der Waals surface area contributed by atoms with Gasteiger partial charge in [-0.1, -0.05) is 19.1 Å². The van der Waals surface area contributed by atoms with Crippen molar-refractivity contribution in [1.82, 2.24) is 0 Å². The van der Waals surface area contributed by atoms with Crippen LogP contribution in [0, 0.1) is 11.7 Å². The quantitative estimate of drug-likeness (QED) is 0.851. The van der Waals surface area contributed by atoms with Gasteiger partial charge in [-0.15, -0.1) is 0 Å². The Kier molecular flexibility index (Phi) is 3.38. The number of anilines is 1. The van der Waals surface area contributed by atoms with Crippen LogP contribution in [0.1, 0.15) is 26.2 Å². The maximum atomic E-state index is 13.8. The van der Waals surface area contributed by atoms with Crippen LogP contribution in [0.5, 0.6) is 0 Å². The lowest BCUT2D eigenvalue weighted by Gasteiger charge is -2.43. The van der Waals surface area contributed by atoms with Gasteiger partial charge in [0, 0.05) is 13.6 Å². The Hall–Kier alpha value is -1.09. The van der Waals surface area contributed by atoms with Gasteiger partial charge in [0.15, 0.2) is 0 Å². The molecular formula is C14H21FN2. The summed E-state index contributed by atoms with van der Waals surface area (Å²) in [5, 5.41) is 0. The maximum Gasteiger partial charge on any atom is 0.146 e. The van der Waals surface area contributed by atoms with Gasteiger partial charge in [-0.3, -0.25) is 0 Å². The van der Waals surface area contributed by atoms with Crippen LogP contribution in [0.15, 0.2) is 24.3 Å². The standard InChI is InChI=1S/C14H21FN2/c1-3-14(10-16,11-8-9-11)17(2)13-7-5-4-6-12(13)15/h4-7,11H,3,8-10,16H2,1-2H3. The first-order valence-corrected chi connectivity index (χ1v) is 6.34. The van der Waals surface area contributed by atoms with Crippen molar-refractivity contribution in [2.45, 2.75) is 31.7 Å². The van der Waals surface area contributed by atoms with Gasteiger partial charge in [0.1, 0.15) is 5.82 Å². The Labute approximate surface area is 103 Å². The minimum atomic E-state index is -0.165. The topological polar surface area (TPSA) is 29.3 Å². The molecule has 1 saturated carbocycles. The van der Waals surface area contributed by atoms with Gasteiger partial charge in [-0.05, 0) is 37.3 Å². The molecule has 1 unspecified atom stereocenters. The largest absolute Gasteiger partial charge is 0.365 e. The Bertz CT molecular complexity index is 384. The summed E-state index contributed by atoms with van der Waals surface area (Å²) in [7, 11) is 1.97. The van der Waals surface area contributed by atoms with Crippen molar-refractivity contribution in [2.75, 3.05) is 18.5 Å². The molecule has 2 nitrogen and oxygen atoms in total. The van der Waals surface area contributed by atoms with Crippen LogP contribution < -0.4 is 10.6 Å². The number of nitrogens with zero attached hydrogens (tertiary/aromatic N) is 1. The number of likely N-dealkylation sites (N-methyl/N-ethyl adjacent to an activating group) is 1.